The third-order valence-corrected chi connectivity index (χ3v) is 7.38. The Labute approximate surface area is 237 Å². The van der Waals surface area contributed by atoms with Gasteiger partial charge in [0.1, 0.15) is 11.8 Å². The Morgan fingerprint density at radius 1 is 1.12 bits per heavy atom. The number of carbonyl (C=O) groups is 1. The molecule has 2 aromatic carbocycles. The number of fused-ring (bicyclic) bond motifs is 1. The third-order valence-electron chi connectivity index (χ3n) is 6.36. The Balaban J connectivity index is 1.36. The lowest BCUT2D eigenvalue weighted by Gasteiger charge is -2.25. The summed E-state index contributed by atoms with van der Waals surface area (Å²) in [5.41, 5.74) is 11.2. The molecular formula is C30H33N7O2S. The Kier molecular flexibility index (Phi) is 7.55. The molecule has 1 atom stereocenters. The second-order valence-electron chi connectivity index (χ2n) is 10.8. The fraction of sp³-hybridized carbons (Fsp3) is 0.267. The average molecular weight is 556 g/mol. The summed E-state index contributed by atoms with van der Waals surface area (Å²) < 4.78 is 7.30. The number of carbonyl (C=O) groups excluding carboxylic acids is 1. The molecule has 0 aliphatic carbocycles. The maximum atomic E-state index is 12.5. The van der Waals surface area contributed by atoms with Crippen molar-refractivity contribution >= 4 is 34.0 Å². The van der Waals surface area contributed by atoms with Crippen LogP contribution in [0.4, 0.5) is 10.6 Å². The van der Waals surface area contributed by atoms with E-state index in [0.29, 0.717) is 12.4 Å². The minimum atomic E-state index is -0.551. The maximum absolute atomic E-state index is 12.5. The van der Waals surface area contributed by atoms with Crippen LogP contribution in [0, 0.1) is 0 Å². The number of benzene rings is 2. The van der Waals surface area contributed by atoms with E-state index in [4.69, 9.17) is 10.5 Å². The first-order chi connectivity index (χ1) is 19.1. The van der Waals surface area contributed by atoms with E-state index >= 15 is 0 Å². The van der Waals surface area contributed by atoms with Gasteiger partial charge in [-0.1, -0.05) is 36.4 Å². The van der Waals surface area contributed by atoms with Crippen LogP contribution in [-0.2, 0) is 18.3 Å². The van der Waals surface area contributed by atoms with E-state index in [1.54, 1.807) is 34.2 Å². The molecule has 0 radical (unpaired) electrons. The second-order valence-corrected chi connectivity index (χ2v) is 11.7. The van der Waals surface area contributed by atoms with Gasteiger partial charge in [-0.25, -0.2) is 4.79 Å². The van der Waals surface area contributed by atoms with Gasteiger partial charge in [-0.15, -0.1) is 16.4 Å². The van der Waals surface area contributed by atoms with Crippen LogP contribution < -0.4 is 11.1 Å². The van der Waals surface area contributed by atoms with Crippen LogP contribution in [0.1, 0.15) is 37.4 Å². The SMILES string of the molecule is CN(Cc1ccccc1-c1csc([C@@H](N)Nc2nncc3ccc(-c4cnn(C)c4)cc23)c1)C(=O)OC(C)(C)C. The zero-order chi connectivity index (χ0) is 28.4. The number of nitrogens with one attached hydrogen (secondary N) is 1. The van der Waals surface area contributed by atoms with Gasteiger partial charge in [-0.2, -0.15) is 10.2 Å². The van der Waals surface area contributed by atoms with Crippen molar-refractivity contribution in [2.24, 2.45) is 12.8 Å². The standard InChI is InChI=1S/C30H33N7O2S/c1-30(2,3)39-29(38)36(4)16-21-8-6-7-9-24(21)22-13-26(40-18-22)27(31)34-28-25-12-19(23-15-33-37(5)17-23)10-11-20(25)14-32-35-28/h6-15,17-18,27H,16,31H2,1-5H3,(H,34,35)/t27-/m0/s1. The number of nitrogens with zero attached hydrogens (tertiary/aromatic N) is 5. The molecule has 3 N–H and O–H groups in total. The summed E-state index contributed by atoms with van der Waals surface area (Å²) in [6.07, 6.45) is 4.71. The molecule has 10 heteroatoms. The van der Waals surface area contributed by atoms with Crippen LogP contribution in [0.2, 0.25) is 0 Å². The van der Waals surface area contributed by atoms with E-state index in [2.05, 4.69) is 44.2 Å². The minimum absolute atomic E-state index is 0.359. The first-order valence-electron chi connectivity index (χ1n) is 12.9. The van der Waals surface area contributed by atoms with E-state index in [-0.39, 0.29) is 6.09 Å². The molecule has 0 fully saturated rings. The number of aromatic nitrogens is 4. The van der Waals surface area contributed by atoms with Gasteiger partial charge >= 0.3 is 6.09 Å². The fourth-order valence-corrected chi connectivity index (χ4v) is 5.27. The number of aryl methyl sites for hydroxylation is 1. The summed E-state index contributed by atoms with van der Waals surface area (Å²) in [7, 11) is 3.64. The Morgan fingerprint density at radius 3 is 2.67 bits per heavy atom. The van der Waals surface area contributed by atoms with Crippen LogP contribution in [-0.4, -0.2) is 43.6 Å². The smallest absolute Gasteiger partial charge is 0.410 e. The Morgan fingerprint density at radius 2 is 1.93 bits per heavy atom. The van der Waals surface area contributed by atoms with Crippen molar-refractivity contribution in [2.75, 3.05) is 12.4 Å². The molecule has 9 nitrogen and oxygen atoms in total. The van der Waals surface area contributed by atoms with Crippen molar-refractivity contribution in [3.63, 3.8) is 0 Å². The molecule has 40 heavy (non-hydrogen) atoms. The van der Waals surface area contributed by atoms with E-state index in [0.717, 1.165) is 43.5 Å². The average Bonchev–Trinajstić information content (AvgIpc) is 3.58. The van der Waals surface area contributed by atoms with Gasteiger partial charge in [0.2, 0.25) is 0 Å². The molecule has 0 aliphatic heterocycles. The highest BCUT2D eigenvalue weighted by atomic mass is 32.1. The first kappa shape index (κ1) is 27.3. The lowest BCUT2D eigenvalue weighted by atomic mass is 10.0. The summed E-state index contributed by atoms with van der Waals surface area (Å²) in [5, 5.41) is 20.1. The van der Waals surface area contributed by atoms with E-state index < -0.39 is 11.8 Å². The van der Waals surface area contributed by atoms with Gasteiger partial charge in [-0.05, 0) is 60.5 Å². The van der Waals surface area contributed by atoms with Gasteiger partial charge in [0.25, 0.3) is 0 Å². The summed E-state index contributed by atoms with van der Waals surface area (Å²) in [5.74, 6) is 0.616. The van der Waals surface area contributed by atoms with Crippen LogP contribution in [0.15, 0.2) is 72.5 Å². The van der Waals surface area contributed by atoms with Crippen LogP contribution in [0.5, 0.6) is 0 Å². The van der Waals surface area contributed by atoms with Crippen LogP contribution in [0.3, 0.4) is 0 Å². The molecule has 5 aromatic rings. The van der Waals surface area contributed by atoms with Crippen LogP contribution >= 0.6 is 11.3 Å². The van der Waals surface area contributed by atoms with Gasteiger partial charge in [-0.3, -0.25) is 4.68 Å². The van der Waals surface area contributed by atoms with Crippen molar-refractivity contribution in [3.05, 3.63) is 82.9 Å². The number of hydrogen-bond donors (Lipinski definition) is 2. The minimum Gasteiger partial charge on any atom is -0.444 e. The van der Waals surface area contributed by atoms with Gasteiger partial charge in [0.05, 0.1) is 12.4 Å². The molecule has 0 saturated heterocycles. The second kappa shape index (κ2) is 11.1. The number of anilines is 1. The summed E-state index contributed by atoms with van der Waals surface area (Å²) >= 11 is 1.57. The van der Waals surface area contributed by atoms with Crippen molar-refractivity contribution < 1.29 is 9.53 Å². The molecule has 0 bridgehead atoms. The number of thiophene rings is 1. The summed E-state index contributed by atoms with van der Waals surface area (Å²) in [6.45, 7) is 6.01. The van der Waals surface area contributed by atoms with Gasteiger partial charge in [0, 0.05) is 48.0 Å². The highest BCUT2D eigenvalue weighted by molar-refractivity contribution is 7.10. The predicted molar refractivity (Wildman–Crippen MR) is 160 cm³/mol. The highest BCUT2D eigenvalue weighted by Crippen LogP contribution is 2.33. The molecule has 0 aliphatic rings. The van der Waals surface area contributed by atoms with Crippen molar-refractivity contribution in [2.45, 2.75) is 39.1 Å². The molecule has 0 spiro atoms. The lowest BCUT2D eigenvalue weighted by molar-refractivity contribution is 0.0285. The number of rotatable bonds is 7. The summed E-state index contributed by atoms with van der Waals surface area (Å²) in [6, 6.07) is 16.3. The van der Waals surface area contributed by atoms with E-state index in [1.807, 2.05) is 70.5 Å². The summed E-state index contributed by atoms with van der Waals surface area (Å²) in [4.78, 5) is 15.1. The first-order valence-corrected chi connectivity index (χ1v) is 13.8. The van der Waals surface area contributed by atoms with E-state index in [1.165, 1.54) is 0 Å². The predicted octanol–water partition coefficient (Wildman–Crippen LogP) is 6.20. The molecule has 3 aromatic heterocycles. The van der Waals surface area contributed by atoms with Crippen molar-refractivity contribution in [3.8, 4) is 22.3 Å². The lowest BCUT2D eigenvalue weighted by Crippen LogP contribution is -2.33. The molecule has 206 valence electrons. The topological polar surface area (TPSA) is 111 Å². The normalized spacial score (nSPS) is 12.3. The largest absolute Gasteiger partial charge is 0.444 e. The number of amides is 1. The van der Waals surface area contributed by atoms with Crippen molar-refractivity contribution in [1.82, 2.24) is 24.9 Å². The zero-order valence-corrected chi connectivity index (χ0v) is 24.1. The quantitative estimate of drug-likeness (QED) is 0.230. The van der Waals surface area contributed by atoms with E-state index in [9.17, 15) is 4.79 Å². The molecule has 0 saturated carbocycles. The Hall–Kier alpha value is -4.28. The van der Waals surface area contributed by atoms with Crippen molar-refractivity contribution in [1.29, 1.82) is 0 Å². The van der Waals surface area contributed by atoms with Crippen LogP contribution in [0.25, 0.3) is 33.0 Å². The molecule has 5 rings (SSSR count). The Bertz CT molecular complexity index is 1650. The van der Waals surface area contributed by atoms with Gasteiger partial charge < -0.3 is 20.7 Å². The molecule has 1 amide bonds. The highest BCUT2D eigenvalue weighted by Gasteiger charge is 2.21. The number of hydrogen-bond acceptors (Lipinski definition) is 8. The monoisotopic (exact) mass is 555 g/mol. The fourth-order valence-electron chi connectivity index (χ4n) is 4.41. The molecule has 3 heterocycles. The molecular weight excluding hydrogens is 522 g/mol. The number of ether oxygens (including phenoxy) is 1. The zero-order valence-electron chi connectivity index (χ0n) is 23.3. The number of nitrogens with two attached hydrogens (primary N) is 1. The van der Waals surface area contributed by atoms with Gasteiger partial charge in [0.15, 0.2) is 5.82 Å². The third kappa shape index (κ3) is 6.13. The molecule has 0 unspecified atom stereocenters. The maximum Gasteiger partial charge on any atom is 0.410 e.